The first-order valence-electron chi connectivity index (χ1n) is 7.79. The first-order valence-corrected chi connectivity index (χ1v) is 7.79. The molecule has 0 bridgehead atoms. The van der Waals surface area contributed by atoms with Crippen LogP contribution in [-0.2, 0) is 0 Å². The standard InChI is InChI=1S/C17H27N3O/c1-6-9-18-14-8-7-12(10-19-14)15(21)20-11-13-16(2,3)17(13,4)5/h7-8,10,13H,6,9,11H2,1-5H3,(H,18,19)(H,20,21). The van der Waals surface area contributed by atoms with Crippen molar-refractivity contribution in [3.05, 3.63) is 23.9 Å². The number of nitrogens with one attached hydrogen (secondary N) is 2. The summed E-state index contributed by atoms with van der Waals surface area (Å²) in [7, 11) is 0. The molecule has 0 unspecified atom stereocenters. The number of pyridine rings is 1. The molecule has 1 aromatic rings. The van der Waals surface area contributed by atoms with Crippen molar-refractivity contribution in [2.75, 3.05) is 18.4 Å². The third-order valence-corrected chi connectivity index (χ3v) is 5.37. The van der Waals surface area contributed by atoms with Gasteiger partial charge >= 0.3 is 0 Å². The van der Waals surface area contributed by atoms with Crippen molar-refractivity contribution in [2.24, 2.45) is 16.7 Å². The summed E-state index contributed by atoms with van der Waals surface area (Å²) in [5, 5.41) is 6.23. The van der Waals surface area contributed by atoms with Crippen molar-refractivity contribution in [3.8, 4) is 0 Å². The van der Waals surface area contributed by atoms with Crippen LogP contribution in [-0.4, -0.2) is 24.0 Å². The van der Waals surface area contributed by atoms with Crippen molar-refractivity contribution in [1.82, 2.24) is 10.3 Å². The number of amides is 1. The van der Waals surface area contributed by atoms with Gasteiger partial charge in [0.2, 0.25) is 0 Å². The number of nitrogens with zero attached hydrogens (tertiary/aromatic N) is 1. The molecule has 0 spiro atoms. The van der Waals surface area contributed by atoms with Crippen LogP contribution < -0.4 is 10.6 Å². The van der Waals surface area contributed by atoms with Crippen LogP contribution in [0.3, 0.4) is 0 Å². The summed E-state index contributed by atoms with van der Waals surface area (Å²) in [6.45, 7) is 12.8. The van der Waals surface area contributed by atoms with Gasteiger partial charge in [-0.15, -0.1) is 0 Å². The Morgan fingerprint density at radius 3 is 2.38 bits per heavy atom. The molecule has 1 aliphatic rings. The van der Waals surface area contributed by atoms with Gasteiger partial charge in [0, 0.05) is 19.3 Å². The van der Waals surface area contributed by atoms with Gasteiger partial charge in [-0.05, 0) is 35.3 Å². The average Bonchev–Trinajstić information content (AvgIpc) is 2.84. The van der Waals surface area contributed by atoms with Crippen LogP contribution in [0.15, 0.2) is 18.3 Å². The molecule has 0 saturated heterocycles. The summed E-state index contributed by atoms with van der Waals surface area (Å²) in [5.74, 6) is 1.31. The molecule has 0 atom stereocenters. The van der Waals surface area contributed by atoms with Crippen LogP contribution in [0.1, 0.15) is 51.4 Å². The van der Waals surface area contributed by atoms with Gasteiger partial charge in [-0.3, -0.25) is 4.79 Å². The number of anilines is 1. The van der Waals surface area contributed by atoms with Crippen molar-refractivity contribution < 1.29 is 4.79 Å². The lowest BCUT2D eigenvalue weighted by atomic mass is 10.0. The summed E-state index contributed by atoms with van der Waals surface area (Å²) >= 11 is 0. The summed E-state index contributed by atoms with van der Waals surface area (Å²) < 4.78 is 0. The minimum Gasteiger partial charge on any atom is -0.370 e. The van der Waals surface area contributed by atoms with Gasteiger partial charge in [-0.25, -0.2) is 4.98 Å². The van der Waals surface area contributed by atoms with E-state index in [1.807, 2.05) is 12.1 Å². The minimum absolute atomic E-state index is 0.0389. The van der Waals surface area contributed by atoms with Crippen LogP contribution in [0.4, 0.5) is 5.82 Å². The molecule has 1 heterocycles. The van der Waals surface area contributed by atoms with E-state index in [9.17, 15) is 4.79 Å². The number of hydrogen-bond donors (Lipinski definition) is 2. The molecular formula is C17H27N3O. The topological polar surface area (TPSA) is 54.0 Å². The molecule has 0 radical (unpaired) electrons. The molecule has 1 saturated carbocycles. The van der Waals surface area contributed by atoms with E-state index in [1.54, 1.807) is 6.20 Å². The highest BCUT2D eigenvalue weighted by atomic mass is 16.1. The third-order valence-electron chi connectivity index (χ3n) is 5.37. The lowest BCUT2D eigenvalue weighted by Gasteiger charge is -2.07. The third kappa shape index (κ3) is 3.04. The molecule has 4 heteroatoms. The minimum atomic E-state index is -0.0389. The maximum absolute atomic E-state index is 12.2. The predicted octanol–water partition coefficient (Wildman–Crippen LogP) is 3.32. The van der Waals surface area contributed by atoms with Gasteiger partial charge < -0.3 is 10.6 Å². The molecule has 2 N–H and O–H groups in total. The van der Waals surface area contributed by atoms with E-state index >= 15 is 0 Å². The van der Waals surface area contributed by atoms with Crippen molar-refractivity contribution in [1.29, 1.82) is 0 Å². The van der Waals surface area contributed by atoms with Crippen molar-refractivity contribution >= 4 is 11.7 Å². The number of hydrogen-bond acceptors (Lipinski definition) is 3. The highest BCUT2D eigenvalue weighted by Crippen LogP contribution is 2.67. The Kier molecular flexibility index (Phi) is 4.26. The SMILES string of the molecule is CCCNc1ccc(C(=O)NCC2C(C)(C)C2(C)C)cn1. The molecule has 1 fully saturated rings. The van der Waals surface area contributed by atoms with E-state index in [2.05, 4.69) is 50.2 Å². The Morgan fingerprint density at radius 1 is 1.24 bits per heavy atom. The van der Waals surface area contributed by atoms with Gasteiger partial charge in [0.1, 0.15) is 5.82 Å². The second kappa shape index (κ2) is 5.66. The first kappa shape index (κ1) is 15.8. The van der Waals surface area contributed by atoms with Crippen LogP contribution in [0, 0.1) is 16.7 Å². The van der Waals surface area contributed by atoms with Crippen molar-refractivity contribution in [3.63, 3.8) is 0 Å². The predicted molar refractivity (Wildman–Crippen MR) is 86.4 cm³/mol. The van der Waals surface area contributed by atoms with Crippen LogP contribution >= 0.6 is 0 Å². The number of aromatic nitrogens is 1. The summed E-state index contributed by atoms with van der Waals surface area (Å²) in [6.07, 6.45) is 2.69. The molecule has 0 aliphatic heterocycles. The van der Waals surface area contributed by atoms with Gasteiger partial charge in [0.25, 0.3) is 5.91 Å². The van der Waals surface area contributed by atoms with E-state index in [4.69, 9.17) is 0 Å². The quantitative estimate of drug-likeness (QED) is 0.844. The normalized spacial score (nSPS) is 19.1. The summed E-state index contributed by atoms with van der Waals surface area (Å²) in [6, 6.07) is 3.68. The van der Waals surface area contributed by atoms with Crippen LogP contribution in [0.25, 0.3) is 0 Å². The lowest BCUT2D eigenvalue weighted by molar-refractivity contribution is 0.0949. The maximum Gasteiger partial charge on any atom is 0.252 e. The van der Waals surface area contributed by atoms with Gasteiger partial charge in [-0.2, -0.15) is 0 Å². The summed E-state index contributed by atoms with van der Waals surface area (Å²) in [5.41, 5.74) is 1.21. The maximum atomic E-state index is 12.2. The van der Waals surface area contributed by atoms with Gasteiger partial charge in [0.05, 0.1) is 5.56 Å². The van der Waals surface area contributed by atoms with Gasteiger partial charge in [0.15, 0.2) is 0 Å². The van der Waals surface area contributed by atoms with E-state index in [0.717, 1.165) is 25.3 Å². The molecule has 0 aromatic carbocycles. The Bertz CT molecular complexity index is 491. The number of carbonyl (C=O) groups excluding carboxylic acids is 1. The van der Waals surface area contributed by atoms with E-state index < -0.39 is 0 Å². The van der Waals surface area contributed by atoms with Crippen molar-refractivity contribution in [2.45, 2.75) is 41.0 Å². The fraction of sp³-hybridized carbons (Fsp3) is 0.647. The fourth-order valence-electron chi connectivity index (χ4n) is 3.03. The molecular weight excluding hydrogens is 262 g/mol. The zero-order valence-corrected chi connectivity index (χ0v) is 13.8. The van der Waals surface area contributed by atoms with Crippen LogP contribution in [0.5, 0.6) is 0 Å². The number of rotatable bonds is 6. The van der Waals surface area contributed by atoms with E-state index in [0.29, 0.717) is 22.3 Å². The lowest BCUT2D eigenvalue weighted by Crippen LogP contribution is -2.27. The number of carbonyl (C=O) groups is 1. The first-order chi connectivity index (χ1) is 9.80. The Labute approximate surface area is 127 Å². The Hall–Kier alpha value is -1.58. The summed E-state index contributed by atoms with van der Waals surface area (Å²) in [4.78, 5) is 16.4. The molecule has 1 amide bonds. The molecule has 2 rings (SSSR count). The molecule has 21 heavy (non-hydrogen) atoms. The van der Waals surface area contributed by atoms with E-state index in [-0.39, 0.29) is 5.91 Å². The molecule has 116 valence electrons. The fourth-order valence-corrected chi connectivity index (χ4v) is 3.03. The molecule has 1 aromatic heterocycles. The largest absolute Gasteiger partial charge is 0.370 e. The zero-order chi connectivity index (χ0) is 15.7. The second-order valence-corrected chi connectivity index (χ2v) is 7.06. The molecule has 4 nitrogen and oxygen atoms in total. The van der Waals surface area contributed by atoms with Crippen LogP contribution in [0.2, 0.25) is 0 Å². The zero-order valence-electron chi connectivity index (χ0n) is 13.8. The molecule has 1 aliphatic carbocycles. The Balaban J connectivity index is 1.87. The monoisotopic (exact) mass is 289 g/mol. The average molecular weight is 289 g/mol. The smallest absolute Gasteiger partial charge is 0.252 e. The highest BCUT2D eigenvalue weighted by Gasteiger charge is 2.64. The Morgan fingerprint density at radius 2 is 1.90 bits per heavy atom. The second-order valence-electron chi connectivity index (χ2n) is 7.06. The highest BCUT2D eigenvalue weighted by molar-refractivity contribution is 5.94. The van der Waals surface area contributed by atoms with E-state index in [1.165, 1.54) is 0 Å². The van der Waals surface area contributed by atoms with Gasteiger partial charge in [-0.1, -0.05) is 34.6 Å².